The van der Waals surface area contributed by atoms with Gasteiger partial charge in [-0.15, -0.1) is 0 Å². The molecule has 0 amide bonds. The number of fused-ring (bicyclic) bond motifs is 1. The zero-order chi connectivity index (χ0) is 19.2. The molecule has 1 aromatic heterocycles. The van der Waals surface area contributed by atoms with E-state index in [1.807, 2.05) is 38.1 Å². The van der Waals surface area contributed by atoms with Crippen LogP contribution in [0.1, 0.15) is 18.2 Å². The van der Waals surface area contributed by atoms with Crippen LogP contribution in [0.4, 0.5) is 5.69 Å². The third-order valence-electron chi connectivity index (χ3n) is 4.76. The van der Waals surface area contributed by atoms with E-state index in [1.165, 1.54) is 11.4 Å². The van der Waals surface area contributed by atoms with E-state index in [-0.39, 0.29) is 10.9 Å². The first-order valence-electron chi connectivity index (χ1n) is 8.66. The number of methoxy groups -OCH3 is 1. The second-order valence-electron chi connectivity index (χ2n) is 6.68. The Bertz CT molecular complexity index is 1100. The van der Waals surface area contributed by atoms with Crippen LogP contribution in [0.2, 0.25) is 0 Å². The number of benzene rings is 2. The van der Waals surface area contributed by atoms with Crippen molar-refractivity contribution in [2.75, 3.05) is 11.4 Å². The molecule has 2 heterocycles. The van der Waals surface area contributed by atoms with Gasteiger partial charge in [0, 0.05) is 17.7 Å². The van der Waals surface area contributed by atoms with E-state index in [0.29, 0.717) is 29.2 Å². The van der Waals surface area contributed by atoms with E-state index in [4.69, 9.17) is 9.26 Å². The molecule has 3 aromatic rings. The highest BCUT2D eigenvalue weighted by Crippen LogP contribution is 2.39. The third kappa shape index (κ3) is 2.88. The van der Waals surface area contributed by atoms with Gasteiger partial charge in [-0.3, -0.25) is 4.31 Å². The summed E-state index contributed by atoms with van der Waals surface area (Å²) in [5.41, 5.74) is 3.10. The lowest BCUT2D eigenvalue weighted by Gasteiger charge is -2.25. The summed E-state index contributed by atoms with van der Waals surface area (Å²) in [7, 11) is -2.36. The second kappa shape index (κ2) is 6.42. The lowest BCUT2D eigenvalue weighted by atomic mass is 10.1. The molecule has 0 saturated carbocycles. The summed E-state index contributed by atoms with van der Waals surface area (Å²) in [5, 5.41) is 3.88. The Kier molecular flexibility index (Phi) is 4.19. The molecule has 1 aliphatic rings. The average Bonchev–Trinajstić information content (AvgIpc) is 3.23. The van der Waals surface area contributed by atoms with Gasteiger partial charge in [0.2, 0.25) is 0 Å². The summed E-state index contributed by atoms with van der Waals surface area (Å²) in [6.45, 7) is 3.73. The summed E-state index contributed by atoms with van der Waals surface area (Å²) in [6, 6.07) is 14.2. The van der Waals surface area contributed by atoms with E-state index in [9.17, 15) is 8.42 Å². The topological polar surface area (TPSA) is 72.6 Å². The second-order valence-corrected chi connectivity index (χ2v) is 8.46. The highest BCUT2D eigenvalue weighted by molar-refractivity contribution is 7.93. The molecule has 1 aliphatic heterocycles. The quantitative estimate of drug-likeness (QED) is 0.684. The zero-order valence-electron chi connectivity index (χ0n) is 15.3. The van der Waals surface area contributed by atoms with Crippen molar-refractivity contribution in [3.8, 4) is 17.1 Å². The van der Waals surface area contributed by atoms with Gasteiger partial charge in [0.1, 0.15) is 10.6 Å². The Labute approximate surface area is 158 Å². The molecular formula is C20H20N2O4S. The van der Waals surface area contributed by atoms with Crippen molar-refractivity contribution in [1.82, 2.24) is 5.16 Å². The van der Waals surface area contributed by atoms with Crippen LogP contribution in [-0.4, -0.2) is 26.7 Å². The molecule has 7 heteroatoms. The van der Waals surface area contributed by atoms with Crippen molar-refractivity contribution in [2.45, 2.75) is 31.2 Å². The fourth-order valence-corrected chi connectivity index (χ4v) is 5.42. The van der Waals surface area contributed by atoms with Gasteiger partial charge in [-0.25, -0.2) is 8.42 Å². The molecule has 0 unspecified atom stereocenters. The first-order valence-corrected chi connectivity index (χ1v) is 10.1. The predicted octanol–water partition coefficient (Wildman–Crippen LogP) is 3.80. The Morgan fingerprint density at radius 3 is 2.67 bits per heavy atom. The highest BCUT2D eigenvalue weighted by atomic mass is 32.2. The monoisotopic (exact) mass is 384 g/mol. The number of hydrogen-bond donors (Lipinski definition) is 0. The lowest BCUT2D eigenvalue weighted by Crippen LogP contribution is -2.35. The molecule has 27 heavy (non-hydrogen) atoms. The molecule has 1 atom stereocenters. The Balaban J connectivity index is 1.86. The minimum Gasteiger partial charge on any atom is -0.495 e. The third-order valence-corrected chi connectivity index (χ3v) is 6.71. The summed E-state index contributed by atoms with van der Waals surface area (Å²) >= 11 is 0. The fraction of sp³-hybridized carbons (Fsp3) is 0.250. The average molecular weight is 384 g/mol. The normalized spacial score (nSPS) is 16.4. The van der Waals surface area contributed by atoms with Crippen molar-refractivity contribution >= 4 is 15.7 Å². The molecule has 140 valence electrons. The number of anilines is 1. The number of aryl methyl sites for hydroxylation is 1. The van der Waals surface area contributed by atoms with Crippen molar-refractivity contribution in [3.63, 3.8) is 0 Å². The number of para-hydroxylation sites is 1. The number of hydrogen-bond acceptors (Lipinski definition) is 5. The van der Waals surface area contributed by atoms with Crippen LogP contribution >= 0.6 is 0 Å². The first-order chi connectivity index (χ1) is 12.9. The van der Waals surface area contributed by atoms with Gasteiger partial charge >= 0.3 is 0 Å². The van der Waals surface area contributed by atoms with Crippen LogP contribution in [0.3, 0.4) is 0 Å². The molecule has 0 fully saturated rings. The maximum Gasteiger partial charge on any atom is 0.268 e. The lowest BCUT2D eigenvalue weighted by molar-refractivity contribution is 0.402. The van der Waals surface area contributed by atoms with E-state index in [2.05, 4.69) is 5.16 Å². The van der Waals surface area contributed by atoms with E-state index >= 15 is 0 Å². The number of aromatic nitrogens is 1. The van der Waals surface area contributed by atoms with Crippen molar-refractivity contribution in [2.24, 2.45) is 0 Å². The van der Waals surface area contributed by atoms with Crippen LogP contribution < -0.4 is 9.04 Å². The summed E-state index contributed by atoms with van der Waals surface area (Å²) in [5.74, 6) is 0.813. The smallest absolute Gasteiger partial charge is 0.268 e. The Morgan fingerprint density at radius 1 is 1.19 bits per heavy atom. The summed E-state index contributed by atoms with van der Waals surface area (Å²) < 4.78 is 39.3. The van der Waals surface area contributed by atoms with Crippen LogP contribution in [0.15, 0.2) is 57.9 Å². The standard InChI is InChI=1S/C20H20N2O4S/c1-13-10-19(26-21-13)16-8-9-18(25-3)20(12-16)27(23,24)22-14(2)11-15-6-4-5-7-17(15)22/h4-10,12,14H,11H2,1-3H3/t14-/m0/s1. The molecule has 0 radical (unpaired) electrons. The SMILES string of the molecule is COc1ccc(-c2cc(C)no2)cc1S(=O)(=O)N1c2ccccc2C[C@@H]1C. The molecule has 0 N–H and O–H groups in total. The van der Waals surface area contributed by atoms with E-state index in [0.717, 1.165) is 11.3 Å². The highest BCUT2D eigenvalue weighted by Gasteiger charge is 2.37. The van der Waals surface area contributed by atoms with Gasteiger partial charge in [-0.05, 0) is 50.1 Å². The number of rotatable bonds is 4. The number of ether oxygens (including phenoxy) is 1. The van der Waals surface area contributed by atoms with Crippen LogP contribution in [0.25, 0.3) is 11.3 Å². The van der Waals surface area contributed by atoms with Crippen LogP contribution in [0, 0.1) is 6.92 Å². The number of sulfonamides is 1. The van der Waals surface area contributed by atoms with Gasteiger partial charge < -0.3 is 9.26 Å². The molecule has 6 nitrogen and oxygen atoms in total. The molecule has 2 aromatic carbocycles. The minimum absolute atomic E-state index is 0.111. The molecule has 4 rings (SSSR count). The van der Waals surface area contributed by atoms with Crippen molar-refractivity contribution in [1.29, 1.82) is 0 Å². The van der Waals surface area contributed by atoms with Gasteiger partial charge in [-0.1, -0.05) is 23.4 Å². The van der Waals surface area contributed by atoms with Crippen LogP contribution in [-0.2, 0) is 16.4 Å². The maximum absolute atomic E-state index is 13.6. The Hall–Kier alpha value is -2.80. The minimum atomic E-state index is -3.82. The van der Waals surface area contributed by atoms with Crippen LogP contribution in [0.5, 0.6) is 5.75 Å². The van der Waals surface area contributed by atoms with E-state index in [1.54, 1.807) is 24.3 Å². The zero-order valence-corrected chi connectivity index (χ0v) is 16.2. The molecule has 0 aliphatic carbocycles. The maximum atomic E-state index is 13.6. The Morgan fingerprint density at radius 2 is 1.96 bits per heavy atom. The van der Waals surface area contributed by atoms with Crippen molar-refractivity contribution in [3.05, 3.63) is 59.8 Å². The number of nitrogens with zero attached hydrogens (tertiary/aromatic N) is 2. The summed E-state index contributed by atoms with van der Waals surface area (Å²) in [6.07, 6.45) is 0.679. The summed E-state index contributed by atoms with van der Waals surface area (Å²) in [4.78, 5) is 0.111. The van der Waals surface area contributed by atoms with Gasteiger partial charge in [-0.2, -0.15) is 0 Å². The fourth-order valence-electron chi connectivity index (χ4n) is 3.54. The first kappa shape index (κ1) is 17.6. The molecule has 0 spiro atoms. The van der Waals surface area contributed by atoms with Gasteiger partial charge in [0.25, 0.3) is 10.0 Å². The largest absolute Gasteiger partial charge is 0.495 e. The molecule has 0 bridgehead atoms. The van der Waals surface area contributed by atoms with Gasteiger partial charge in [0.15, 0.2) is 5.76 Å². The molecule has 0 saturated heterocycles. The van der Waals surface area contributed by atoms with Gasteiger partial charge in [0.05, 0.1) is 18.5 Å². The van der Waals surface area contributed by atoms with Crippen molar-refractivity contribution < 1.29 is 17.7 Å². The molecular weight excluding hydrogens is 364 g/mol. The van der Waals surface area contributed by atoms with E-state index < -0.39 is 10.0 Å². The predicted molar refractivity (Wildman–Crippen MR) is 103 cm³/mol.